The first-order chi connectivity index (χ1) is 12.7. The Balaban J connectivity index is 1.62. The molecule has 140 valence electrons. The summed E-state index contributed by atoms with van der Waals surface area (Å²) in [7, 11) is 0. The Kier molecular flexibility index (Phi) is 9.08. The molecular formula is C17H21N3O4S2. The summed E-state index contributed by atoms with van der Waals surface area (Å²) in [5.74, 6) is 0.284. The lowest BCUT2D eigenvalue weighted by atomic mass is 10.2. The van der Waals surface area contributed by atoms with Gasteiger partial charge in [-0.05, 0) is 18.9 Å². The highest BCUT2D eigenvalue weighted by molar-refractivity contribution is 8.01. The van der Waals surface area contributed by atoms with E-state index in [1.165, 1.54) is 23.1 Å². The Morgan fingerprint density at radius 1 is 1.23 bits per heavy atom. The van der Waals surface area contributed by atoms with E-state index >= 15 is 0 Å². The lowest BCUT2D eigenvalue weighted by Crippen LogP contribution is -2.18. The van der Waals surface area contributed by atoms with Crippen LogP contribution in [0.3, 0.4) is 0 Å². The highest BCUT2D eigenvalue weighted by Crippen LogP contribution is 2.26. The van der Waals surface area contributed by atoms with Crippen LogP contribution in [0.2, 0.25) is 0 Å². The predicted molar refractivity (Wildman–Crippen MR) is 101 cm³/mol. The van der Waals surface area contributed by atoms with Gasteiger partial charge in [0.05, 0.1) is 13.2 Å². The largest absolute Gasteiger partial charge is 0.466 e. The third kappa shape index (κ3) is 7.94. The number of nitrogens with zero attached hydrogens (tertiary/aromatic N) is 2. The highest BCUT2D eigenvalue weighted by atomic mass is 32.2. The van der Waals surface area contributed by atoms with Gasteiger partial charge in [0.1, 0.15) is 6.61 Å². The molecule has 0 aliphatic carbocycles. The van der Waals surface area contributed by atoms with Gasteiger partial charge in [-0.25, -0.2) is 0 Å². The number of hydrogen-bond donors (Lipinski definition) is 1. The van der Waals surface area contributed by atoms with Crippen molar-refractivity contribution >= 4 is 40.1 Å². The lowest BCUT2D eigenvalue weighted by molar-refractivity contribution is -0.143. The standard InChI is InChI=1S/C17H21N3O4S2/c1-2-24-15(22)9-6-10-25-17-20-19-16(26-17)18-14(21)12-23-11-13-7-4-3-5-8-13/h3-5,7-8H,2,6,9-12H2,1H3,(H,18,19,21). The monoisotopic (exact) mass is 395 g/mol. The van der Waals surface area contributed by atoms with Gasteiger partial charge < -0.3 is 9.47 Å². The second-order valence-corrected chi connectivity index (χ2v) is 7.48. The van der Waals surface area contributed by atoms with Gasteiger partial charge in [0, 0.05) is 12.2 Å². The van der Waals surface area contributed by atoms with Crippen LogP contribution in [-0.4, -0.2) is 41.0 Å². The van der Waals surface area contributed by atoms with Crippen LogP contribution < -0.4 is 5.32 Å². The Bertz CT molecular complexity index is 694. The zero-order valence-corrected chi connectivity index (χ0v) is 16.1. The van der Waals surface area contributed by atoms with E-state index in [2.05, 4.69) is 15.5 Å². The molecule has 0 radical (unpaired) electrons. The van der Waals surface area contributed by atoms with E-state index in [9.17, 15) is 9.59 Å². The van der Waals surface area contributed by atoms with E-state index < -0.39 is 0 Å². The number of thioether (sulfide) groups is 1. The third-order valence-corrected chi connectivity index (χ3v) is 5.11. The highest BCUT2D eigenvalue weighted by Gasteiger charge is 2.09. The predicted octanol–water partition coefficient (Wildman–Crippen LogP) is 3.13. The molecule has 1 aromatic carbocycles. The molecule has 2 aromatic rings. The summed E-state index contributed by atoms with van der Waals surface area (Å²) in [6, 6.07) is 9.65. The molecule has 0 bridgehead atoms. The Hall–Kier alpha value is -1.97. The number of esters is 1. The maximum atomic E-state index is 11.9. The second-order valence-electron chi connectivity index (χ2n) is 5.16. The first-order valence-corrected chi connectivity index (χ1v) is 10.0. The molecule has 1 N–H and O–H groups in total. The molecule has 0 aliphatic heterocycles. The Labute approximate surface area is 160 Å². The zero-order valence-electron chi connectivity index (χ0n) is 14.5. The summed E-state index contributed by atoms with van der Waals surface area (Å²) in [6.07, 6.45) is 1.10. The molecule has 26 heavy (non-hydrogen) atoms. The quantitative estimate of drug-likeness (QED) is 0.270. The maximum absolute atomic E-state index is 11.9. The molecule has 2 rings (SSSR count). The number of hydrogen-bond acceptors (Lipinski definition) is 8. The fourth-order valence-corrected chi connectivity index (χ4v) is 3.70. The Morgan fingerprint density at radius 2 is 2.04 bits per heavy atom. The first kappa shape index (κ1) is 20.3. The van der Waals surface area contributed by atoms with Crippen molar-refractivity contribution in [2.45, 2.75) is 30.7 Å². The van der Waals surface area contributed by atoms with E-state index in [-0.39, 0.29) is 18.5 Å². The van der Waals surface area contributed by atoms with Gasteiger partial charge in [-0.2, -0.15) is 0 Å². The number of anilines is 1. The molecule has 1 heterocycles. The van der Waals surface area contributed by atoms with E-state index in [4.69, 9.17) is 9.47 Å². The van der Waals surface area contributed by atoms with E-state index in [1.807, 2.05) is 30.3 Å². The summed E-state index contributed by atoms with van der Waals surface area (Å²) < 4.78 is 11.0. The number of aromatic nitrogens is 2. The zero-order chi connectivity index (χ0) is 18.6. The Morgan fingerprint density at radius 3 is 2.81 bits per heavy atom. The fraction of sp³-hybridized carbons (Fsp3) is 0.412. The van der Waals surface area contributed by atoms with E-state index in [0.29, 0.717) is 31.2 Å². The number of carbonyl (C=O) groups is 2. The summed E-state index contributed by atoms with van der Waals surface area (Å²) in [6.45, 7) is 2.53. The normalized spacial score (nSPS) is 10.5. The van der Waals surface area contributed by atoms with Crippen LogP contribution in [0.15, 0.2) is 34.7 Å². The van der Waals surface area contributed by atoms with Crippen LogP contribution in [0.5, 0.6) is 0 Å². The van der Waals surface area contributed by atoms with Gasteiger partial charge in [0.15, 0.2) is 4.34 Å². The van der Waals surface area contributed by atoms with Crippen LogP contribution >= 0.6 is 23.1 Å². The van der Waals surface area contributed by atoms with Crippen molar-refractivity contribution in [1.29, 1.82) is 0 Å². The van der Waals surface area contributed by atoms with Crippen molar-refractivity contribution in [1.82, 2.24) is 10.2 Å². The van der Waals surface area contributed by atoms with Crippen molar-refractivity contribution in [2.75, 3.05) is 24.3 Å². The number of amides is 1. The smallest absolute Gasteiger partial charge is 0.305 e. The minimum atomic E-state index is -0.268. The summed E-state index contributed by atoms with van der Waals surface area (Å²) in [4.78, 5) is 23.1. The summed E-state index contributed by atoms with van der Waals surface area (Å²) in [5, 5.41) is 11.0. The summed E-state index contributed by atoms with van der Waals surface area (Å²) >= 11 is 2.80. The molecule has 0 fully saturated rings. The van der Waals surface area contributed by atoms with Gasteiger partial charge in [0.25, 0.3) is 5.91 Å². The number of benzene rings is 1. The third-order valence-electron chi connectivity index (χ3n) is 3.05. The minimum Gasteiger partial charge on any atom is -0.466 e. The lowest BCUT2D eigenvalue weighted by Gasteiger charge is -2.03. The number of ether oxygens (including phenoxy) is 2. The van der Waals surface area contributed by atoms with Crippen LogP contribution in [0.1, 0.15) is 25.3 Å². The number of carbonyl (C=O) groups excluding carboxylic acids is 2. The molecule has 9 heteroatoms. The second kappa shape index (κ2) is 11.6. The first-order valence-electron chi connectivity index (χ1n) is 8.21. The van der Waals surface area contributed by atoms with Crippen molar-refractivity contribution in [3.05, 3.63) is 35.9 Å². The number of rotatable bonds is 11. The average molecular weight is 396 g/mol. The molecule has 0 saturated carbocycles. The molecule has 0 atom stereocenters. The molecule has 0 spiro atoms. The molecule has 0 saturated heterocycles. The maximum Gasteiger partial charge on any atom is 0.305 e. The molecule has 7 nitrogen and oxygen atoms in total. The van der Waals surface area contributed by atoms with Crippen molar-refractivity contribution < 1.29 is 19.1 Å². The molecule has 0 aliphatic rings. The van der Waals surface area contributed by atoms with Crippen molar-refractivity contribution in [2.24, 2.45) is 0 Å². The molecule has 1 aromatic heterocycles. The van der Waals surface area contributed by atoms with E-state index in [0.717, 1.165) is 15.7 Å². The van der Waals surface area contributed by atoms with Crippen molar-refractivity contribution in [3.8, 4) is 0 Å². The van der Waals surface area contributed by atoms with Gasteiger partial charge in [0.2, 0.25) is 5.13 Å². The van der Waals surface area contributed by atoms with Gasteiger partial charge in [-0.3, -0.25) is 14.9 Å². The topological polar surface area (TPSA) is 90.4 Å². The van der Waals surface area contributed by atoms with Crippen LogP contribution in [0.25, 0.3) is 0 Å². The minimum absolute atomic E-state index is 0.0451. The molecule has 0 unspecified atom stereocenters. The van der Waals surface area contributed by atoms with Crippen molar-refractivity contribution in [3.63, 3.8) is 0 Å². The van der Waals surface area contributed by atoms with Gasteiger partial charge in [-0.1, -0.05) is 53.4 Å². The summed E-state index contributed by atoms with van der Waals surface area (Å²) in [5.41, 5.74) is 1.01. The average Bonchev–Trinajstić information content (AvgIpc) is 3.07. The van der Waals surface area contributed by atoms with Crippen LogP contribution in [0, 0.1) is 0 Å². The fourth-order valence-electron chi connectivity index (χ4n) is 1.92. The number of nitrogens with one attached hydrogen (secondary N) is 1. The van der Waals surface area contributed by atoms with Crippen LogP contribution in [-0.2, 0) is 25.7 Å². The molecule has 1 amide bonds. The SMILES string of the molecule is CCOC(=O)CCCSc1nnc(NC(=O)COCc2ccccc2)s1. The van der Waals surface area contributed by atoms with Crippen LogP contribution in [0.4, 0.5) is 5.13 Å². The molecular weight excluding hydrogens is 374 g/mol. The van der Waals surface area contributed by atoms with Gasteiger partial charge >= 0.3 is 5.97 Å². The van der Waals surface area contributed by atoms with Gasteiger partial charge in [-0.15, -0.1) is 10.2 Å². The van der Waals surface area contributed by atoms with E-state index in [1.54, 1.807) is 6.92 Å².